The Balaban J connectivity index is 1.52. The van der Waals surface area contributed by atoms with E-state index in [2.05, 4.69) is 25.8 Å². The molecule has 0 aromatic carbocycles. The number of aromatic nitrogens is 4. The molecule has 27 heavy (non-hydrogen) atoms. The van der Waals surface area contributed by atoms with Crippen molar-refractivity contribution in [2.45, 2.75) is 38.9 Å². The zero-order chi connectivity index (χ0) is 19.1. The van der Waals surface area contributed by atoms with E-state index in [1.54, 1.807) is 18.7 Å². The number of amides is 2. The van der Waals surface area contributed by atoms with E-state index in [4.69, 9.17) is 0 Å². The molecule has 144 valence electrons. The number of pyridine rings is 1. The summed E-state index contributed by atoms with van der Waals surface area (Å²) in [6.07, 6.45) is 5.92. The van der Waals surface area contributed by atoms with Crippen LogP contribution in [0.25, 0.3) is 0 Å². The average Bonchev–Trinajstić information content (AvgIpc) is 3.13. The van der Waals surface area contributed by atoms with E-state index in [9.17, 15) is 9.59 Å². The van der Waals surface area contributed by atoms with Crippen LogP contribution in [-0.2, 0) is 29.1 Å². The summed E-state index contributed by atoms with van der Waals surface area (Å²) in [6, 6.07) is 3.37. The van der Waals surface area contributed by atoms with Gasteiger partial charge in [0.15, 0.2) is 0 Å². The Morgan fingerprint density at radius 1 is 1.44 bits per heavy atom. The van der Waals surface area contributed by atoms with Crippen molar-refractivity contribution in [1.29, 1.82) is 0 Å². The first-order chi connectivity index (χ1) is 13.2. The van der Waals surface area contributed by atoms with Gasteiger partial charge >= 0.3 is 0 Å². The Bertz CT molecular complexity index is 762. The number of carbonyl (C=O) groups is 2. The Morgan fingerprint density at radius 3 is 3.11 bits per heavy atom. The smallest absolute Gasteiger partial charge is 0.237 e. The van der Waals surface area contributed by atoms with E-state index < -0.39 is 6.04 Å². The minimum Gasteiger partial charge on any atom is -0.356 e. The maximum atomic E-state index is 12.4. The maximum absolute atomic E-state index is 12.4. The van der Waals surface area contributed by atoms with E-state index >= 15 is 0 Å². The van der Waals surface area contributed by atoms with E-state index in [-0.39, 0.29) is 18.2 Å². The number of hydrogen-bond donors (Lipinski definition) is 2. The van der Waals surface area contributed by atoms with Crippen LogP contribution >= 0.6 is 0 Å². The highest BCUT2D eigenvalue weighted by molar-refractivity contribution is 5.88. The lowest BCUT2D eigenvalue weighted by Gasteiger charge is -2.34. The summed E-state index contributed by atoms with van der Waals surface area (Å²) in [7, 11) is 0. The number of aryl methyl sites for hydroxylation is 1. The van der Waals surface area contributed by atoms with Gasteiger partial charge in [-0.25, -0.2) is 0 Å². The molecule has 1 fully saturated rings. The van der Waals surface area contributed by atoms with Crippen molar-refractivity contribution < 1.29 is 9.59 Å². The van der Waals surface area contributed by atoms with Crippen LogP contribution in [0.3, 0.4) is 0 Å². The Kier molecular flexibility index (Phi) is 6.48. The lowest BCUT2D eigenvalue weighted by atomic mass is 10.1. The minimum atomic E-state index is -0.474. The second-order valence-electron chi connectivity index (χ2n) is 6.48. The highest BCUT2D eigenvalue weighted by Crippen LogP contribution is 2.13. The van der Waals surface area contributed by atoms with Gasteiger partial charge in [0, 0.05) is 51.5 Å². The summed E-state index contributed by atoms with van der Waals surface area (Å²) in [4.78, 5) is 30.8. The number of piperazine rings is 1. The van der Waals surface area contributed by atoms with Crippen LogP contribution in [0.1, 0.15) is 24.7 Å². The normalized spacial score (nSPS) is 17.5. The molecular formula is C18H25N7O2. The van der Waals surface area contributed by atoms with Crippen molar-refractivity contribution in [2.75, 3.05) is 19.6 Å². The summed E-state index contributed by atoms with van der Waals surface area (Å²) < 4.78 is 1.94. The van der Waals surface area contributed by atoms with Crippen molar-refractivity contribution in [2.24, 2.45) is 0 Å². The van der Waals surface area contributed by atoms with Crippen molar-refractivity contribution in [3.63, 3.8) is 0 Å². The Labute approximate surface area is 158 Å². The zero-order valence-electron chi connectivity index (χ0n) is 15.5. The summed E-state index contributed by atoms with van der Waals surface area (Å²) in [6.45, 7) is 5.17. The fourth-order valence-electron chi connectivity index (χ4n) is 3.20. The number of carbonyl (C=O) groups excluding carboxylic acids is 2. The molecule has 1 aliphatic heterocycles. The third-order valence-electron chi connectivity index (χ3n) is 4.64. The van der Waals surface area contributed by atoms with Crippen molar-refractivity contribution in [3.05, 3.63) is 42.2 Å². The van der Waals surface area contributed by atoms with Crippen molar-refractivity contribution in [3.8, 4) is 0 Å². The molecule has 1 saturated heterocycles. The number of rotatable bonds is 8. The molecule has 2 aromatic rings. The molecule has 3 heterocycles. The molecule has 3 rings (SSSR count). The van der Waals surface area contributed by atoms with Gasteiger partial charge in [0.2, 0.25) is 11.8 Å². The minimum absolute atomic E-state index is 0.106. The standard InChI is InChI=1S/C18H25N7O2/c1-2-24-13-22-23-16(24)5-7-20-17(26)10-15-18(27)21-8-9-25(15)12-14-4-3-6-19-11-14/h3-4,6,11,13,15H,2,5,7-10,12H2,1H3,(H,20,26)(H,21,27). The van der Waals surface area contributed by atoms with Crippen LogP contribution in [0.5, 0.6) is 0 Å². The molecule has 1 unspecified atom stereocenters. The molecule has 2 aromatic heterocycles. The van der Waals surface area contributed by atoms with Crippen LogP contribution in [-0.4, -0.2) is 62.1 Å². The molecule has 0 radical (unpaired) electrons. The molecule has 1 aliphatic rings. The van der Waals surface area contributed by atoms with E-state index in [0.29, 0.717) is 32.6 Å². The summed E-state index contributed by atoms with van der Waals surface area (Å²) >= 11 is 0. The Morgan fingerprint density at radius 2 is 2.33 bits per heavy atom. The first-order valence-corrected chi connectivity index (χ1v) is 9.21. The summed E-state index contributed by atoms with van der Waals surface area (Å²) in [5.41, 5.74) is 1.02. The SMILES string of the molecule is CCn1cnnc1CCNC(=O)CC1C(=O)NCCN1Cc1cccnc1. The first kappa shape index (κ1) is 19.0. The largest absolute Gasteiger partial charge is 0.356 e. The molecule has 2 amide bonds. The molecule has 2 N–H and O–H groups in total. The average molecular weight is 371 g/mol. The molecule has 1 atom stereocenters. The molecule has 0 bridgehead atoms. The second kappa shape index (κ2) is 9.22. The lowest BCUT2D eigenvalue weighted by Crippen LogP contribution is -2.56. The van der Waals surface area contributed by atoms with Crippen molar-refractivity contribution >= 4 is 11.8 Å². The number of nitrogens with zero attached hydrogens (tertiary/aromatic N) is 5. The van der Waals surface area contributed by atoms with Crippen LogP contribution < -0.4 is 10.6 Å². The van der Waals surface area contributed by atoms with Crippen molar-refractivity contribution in [1.82, 2.24) is 35.3 Å². The quantitative estimate of drug-likeness (QED) is 0.663. The molecular weight excluding hydrogens is 346 g/mol. The predicted molar refractivity (Wildman–Crippen MR) is 98.5 cm³/mol. The van der Waals surface area contributed by atoms with E-state index in [1.807, 2.05) is 28.5 Å². The zero-order valence-corrected chi connectivity index (χ0v) is 15.5. The van der Waals surface area contributed by atoms with Gasteiger partial charge < -0.3 is 15.2 Å². The second-order valence-corrected chi connectivity index (χ2v) is 6.48. The first-order valence-electron chi connectivity index (χ1n) is 9.21. The molecule has 0 aliphatic carbocycles. The molecule has 9 heteroatoms. The predicted octanol–water partition coefficient (Wildman–Crippen LogP) is -0.258. The van der Waals surface area contributed by atoms with Gasteiger partial charge in [-0.2, -0.15) is 0 Å². The van der Waals surface area contributed by atoms with Gasteiger partial charge in [0.25, 0.3) is 0 Å². The molecule has 0 spiro atoms. The monoisotopic (exact) mass is 371 g/mol. The summed E-state index contributed by atoms with van der Waals surface area (Å²) in [5, 5.41) is 13.7. The summed E-state index contributed by atoms with van der Waals surface area (Å²) in [5.74, 6) is 0.591. The van der Waals surface area contributed by atoms with Crippen LogP contribution in [0, 0.1) is 0 Å². The Hall–Kier alpha value is -2.81. The van der Waals surface area contributed by atoms with Gasteiger partial charge in [-0.1, -0.05) is 6.07 Å². The van der Waals surface area contributed by atoms with Gasteiger partial charge in [0.05, 0.1) is 12.5 Å². The van der Waals surface area contributed by atoms with Gasteiger partial charge in [-0.05, 0) is 18.6 Å². The van der Waals surface area contributed by atoms with E-state index in [0.717, 1.165) is 17.9 Å². The van der Waals surface area contributed by atoms with Gasteiger partial charge in [-0.3, -0.25) is 19.5 Å². The number of nitrogens with one attached hydrogen (secondary N) is 2. The highest BCUT2D eigenvalue weighted by Gasteiger charge is 2.31. The maximum Gasteiger partial charge on any atom is 0.237 e. The highest BCUT2D eigenvalue weighted by atomic mass is 16.2. The fraction of sp³-hybridized carbons (Fsp3) is 0.500. The fourth-order valence-corrected chi connectivity index (χ4v) is 3.20. The third kappa shape index (κ3) is 5.10. The van der Waals surface area contributed by atoms with Gasteiger partial charge in [0.1, 0.15) is 12.2 Å². The van der Waals surface area contributed by atoms with E-state index in [1.165, 1.54) is 0 Å². The molecule has 0 saturated carbocycles. The third-order valence-corrected chi connectivity index (χ3v) is 4.64. The number of hydrogen-bond acceptors (Lipinski definition) is 6. The van der Waals surface area contributed by atoms with Crippen LogP contribution in [0.4, 0.5) is 0 Å². The van der Waals surface area contributed by atoms with Crippen LogP contribution in [0.2, 0.25) is 0 Å². The lowest BCUT2D eigenvalue weighted by molar-refractivity contribution is -0.134. The topological polar surface area (TPSA) is 105 Å². The molecule has 9 nitrogen and oxygen atoms in total. The van der Waals surface area contributed by atoms with Gasteiger partial charge in [-0.15, -0.1) is 10.2 Å². The van der Waals surface area contributed by atoms with Crippen LogP contribution in [0.15, 0.2) is 30.9 Å².